The predicted molar refractivity (Wildman–Crippen MR) is 113 cm³/mol. The Morgan fingerprint density at radius 1 is 1.37 bits per heavy atom. The molecule has 158 valence electrons. The van der Waals surface area contributed by atoms with E-state index in [4.69, 9.17) is 26.3 Å². The van der Waals surface area contributed by atoms with Crippen molar-refractivity contribution in [2.24, 2.45) is 0 Å². The van der Waals surface area contributed by atoms with Crippen molar-refractivity contribution in [1.82, 2.24) is 9.88 Å². The number of nitrogens with one attached hydrogen (secondary N) is 1. The normalized spacial score (nSPS) is 24.5. The number of aromatic nitrogens is 1. The summed E-state index contributed by atoms with van der Waals surface area (Å²) in [5.41, 5.74) is 1.18. The SMILES string of the molecule is N#Cc1ccc(NC[C@@H]2CC[C@]3(COCCN(Cc4cc(O)cc(Cl)c4)C3)O2)nc1. The molecule has 2 N–H and O–H groups in total. The Morgan fingerprint density at radius 2 is 2.27 bits per heavy atom. The minimum absolute atomic E-state index is 0.0706. The molecule has 2 saturated heterocycles. The highest BCUT2D eigenvalue weighted by atomic mass is 35.5. The number of pyridine rings is 1. The van der Waals surface area contributed by atoms with E-state index in [9.17, 15) is 5.11 Å². The fourth-order valence-electron chi connectivity index (χ4n) is 4.15. The molecule has 0 aliphatic carbocycles. The highest BCUT2D eigenvalue weighted by molar-refractivity contribution is 6.30. The number of rotatable bonds is 5. The van der Waals surface area contributed by atoms with Gasteiger partial charge < -0.3 is 19.9 Å². The molecule has 0 saturated carbocycles. The molecular formula is C22H25ClN4O3. The molecule has 0 amide bonds. The van der Waals surface area contributed by atoms with E-state index in [0.29, 0.717) is 36.9 Å². The highest BCUT2D eigenvalue weighted by Crippen LogP contribution is 2.34. The molecule has 8 heteroatoms. The zero-order valence-electron chi connectivity index (χ0n) is 16.7. The molecule has 3 heterocycles. The molecule has 0 unspecified atom stereocenters. The highest BCUT2D eigenvalue weighted by Gasteiger charge is 2.43. The molecule has 0 radical (unpaired) electrons. The molecule has 2 aliphatic rings. The van der Waals surface area contributed by atoms with Gasteiger partial charge in [0, 0.05) is 37.4 Å². The predicted octanol–water partition coefficient (Wildman–Crippen LogP) is 3.17. The number of hydrogen-bond acceptors (Lipinski definition) is 7. The lowest BCUT2D eigenvalue weighted by molar-refractivity contribution is -0.0826. The van der Waals surface area contributed by atoms with Crippen molar-refractivity contribution in [2.75, 3.05) is 38.2 Å². The van der Waals surface area contributed by atoms with Crippen molar-refractivity contribution in [2.45, 2.75) is 31.1 Å². The summed E-state index contributed by atoms with van der Waals surface area (Å²) in [6.07, 6.45) is 3.50. The third kappa shape index (κ3) is 5.21. The molecule has 30 heavy (non-hydrogen) atoms. The van der Waals surface area contributed by atoms with Crippen LogP contribution in [0.25, 0.3) is 0 Å². The van der Waals surface area contributed by atoms with Crippen LogP contribution in [-0.4, -0.2) is 59.5 Å². The van der Waals surface area contributed by atoms with E-state index in [2.05, 4.69) is 21.3 Å². The Balaban J connectivity index is 1.35. The van der Waals surface area contributed by atoms with Crippen LogP contribution in [0, 0.1) is 11.3 Å². The number of phenols is 1. The van der Waals surface area contributed by atoms with Crippen LogP contribution >= 0.6 is 11.6 Å². The second kappa shape index (κ2) is 9.19. The monoisotopic (exact) mass is 428 g/mol. The Hall–Kier alpha value is -2.37. The number of nitriles is 1. The average molecular weight is 429 g/mol. The summed E-state index contributed by atoms with van der Waals surface area (Å²) in [5, 5.41) is 22.5. The van der Waals surface area contributed by atoms with Crippen molar-refractivity contribution in [1.29, 1.82) is 5.26 Å². The first kappa shape index (κ1) is 20.9. The first-order valence-corrected chi connectivity index (χ1v) is 10.5. The lowest BCUT2D eigenvalue weighted by Gasteiger charge is -2.32. The largest absolute Gasteiger partial charge is 0.508 e. The van der Waals surface area contributed by atoms with Crippen LogP contribution in [0.1, 0.15) is 24.0 Å². The molecule has 2 atom stereocenters. The van der Waals surface area contributed by atoms with Crippen molar-refractivity contribution >= 4 is 17.4 Å². The molecule has 2 fully saturated rings. The second-order valence-electron chi connectivity index (χ2n) is 7.97. The molecule has 2 aromatic rings. The molecule has 1 spiro atoms. The number of benzene rings is 1. The molecule has 1 aromatic heterocycles. The van der Waals surface area contributed by atoms with Gasteiger partial charge in [-0.05, 0) is 48.7 Å². The molecule has 7 nitrogen and oxygen atoms in total. The minimum Gasteiger partial charge on any atom is -0.508 e. The maximum Gasteiger partial charge on any atom is 0.126 e. The molecule has 4 rings (SSSR count). The maximum absolute atomic E-state index is 9.82. The number of nitrogens with zero attached hydrogens (tertiary/aromatic N) is 3. The summed E-state index contributed by atoms with van der Waals surface area (Å²) >= 11 is 6.09. The van der Waals surface area contributed by atoms with Crippen LogP contribution in [0.4, 0.5) is 5.82 Å². The fourth-order valence-corrected chi connectivity index (χ4v) is 4.40. The zero-order chi connectivity index (χ0) is 21.0. The van der Waals surface area contributed by atoms with Gasteiger partial charge >= 0.3 is 0 Å². The van der Waals surface area contributed by atoms with Crippen molar-refractivity contribution < 1.29 is 14.6 Å². The molecule has 2 aliphatic heterocycles. The molecule has 0 bridgehead atoms. The number of ether oxygens (including phenoxy) is 2. The van der Waals surface area contributed by atoms with Gasteiger partial charge in [-0.3, -0.25) is 4.90 Å². The van der Waals surface area contributed by atoms with Crippen LogP contribution in [0.2, 0.25) is 5.02 Å². The van der Waals surface area contributed by atoms with Crippen molar-refractivity contribution in [3.8, 4) is 11.8 Å². The van der Waals surface area contributed by atoms with E-state index in [-0.39, 0.29) is 17.5 Å². The summed E-state index contributed by atoms with van der Waals surface area (Å²) in [6, 6.07) is 10.8. The van der Waals surface area contributed by atoms with Gasteiger partial charge in [0.15, 0.2) is 0 Å². The van der Waals surface area contributed by atoms with Gasteiger partial charge in [-0.25, -0.2) is 4.98 Å². The Kier molecular flexibility index (Phi) is 6.40. The fraction of sp³-hybridized carbons (Fsp3) is 0.455. The number of aromatic hydroxyl groups is 1. The van der Waals surface area contributed by atoms with Crippen LogP contribution in [0.3, 0.4) is 0 Å². The third-order valence-electron chi connectivity index (χ3n) is 5.52. The summed E-state index contributed by atoms with van der Waals surface area (Å²) in [4.78, 5) is 6.55. The second-order valence-corrected chi connectivity index (χ2v) is 8.40. The van der Waals surface area contributed by atoms with E-state index in [1.807, 2.05) is 6.07 Å². The quantitative estimate of drug-likeness (QED) is 0.755. The van der Waals surface area contributed by atoms with Gasteiger partial charge in [-0.2, -0.15) is 5.26 Å². The lowest BCUT2D eigenvalue weighted by Crippen LogP contribution is -2.44. The van der Waals surface area contributed by atoms with Crippen LogP contribution in [0.5, 0.6) is 5.75 Å². The van der Waals surface area contributed by atoms with Crippen LogP contribution < -0.4 is 5.32 Å². The van der Waals surface area contributed by atoms with Crippen molar-refractivity contribution in [3.63, 3.8) is 0 Å². The number of halogens is 1. The lowest BCUT2D eigenvalue weighted by atomic mass is 9.99. The topological polar surface area (TPSA) is 90.6 Å². The number of anilines is 1. The van der Waals surface area contributed by atoms with Crippen LogP contribution in [0.15, 0.2) is 36.5 Å². The summed E-state index contributed by atoms with van der Waals surface area (Å²) in [6.45, 7) is 4.14. The average Bonchev–Trinajstić information content (AvgIpc) is 3.01. The Bertz CT molecular complexity index is 897. The van der Waals surface area contributed by atoms with E-state index < -0.39 is 0 Å². The molecular weight excluding hydrogens is 404 g/mol. The van der Waals surface area contributed by atoms with Gasteiger partial charge in [0.1, 0.15) is 23.2 Å². The third-order valence-corrected chi connectivity index (χ3v) is 5.74. The maximum atomic E-state index is 9.82. The smallest absolute Gasteiger partial charge is 0.126 e. The van der Waals surface area contributed by atoms with Gasteiger partial charge in [0.2, 0.25) is 0 Å². The van der Waals surface area contributed by atoms with E-state index in [0.717, 1.165) is 37.3 Å². The zero-order valence-corrected chi connectivity index (χ0v) is 17.4. The summed E-state index contributed by atoms with van der Waals surface area (Å²) < 4.78 is 12.3. The van der Waals surface area contributed by atoms with Crippen LogP contribution in [-0.2, 0) is 16.0 Å². The Labute approximate surface area is 181 Å². The van der Waals surface area contributed by atoms with E-state index in [1.54, 1.807) is 30.5 Å². The molecule has 1 aromatic carbocycles. The van der Waals surface area contributed by atoms with E-state index in [1.165, 1.54) is 0 Å². The van der Waals surface area contributed by atoms with Gasteiger partial charge in [0.05, 0.1) is 24.9 Å². The number of phenolic OH excluding ortho intramolecular Hbond substituents is 1. The summed E-state index contributed by atoms with van der Waals surface area (Å²) in [7, 11) is 0. The first-order valence-electron chi connectivity index (χ1n) is 10.1. The number of hydrogen-bond donors (Lipinski definition) is 2. The van der Waals surface area contributed by atoms with Crippen molar-refractivity contribution in [3.05, 3.63) is 52.7 Å². The van der Waals surface area contributed by atoms with E-state index >= 15 is 0 Å². The first-order chi connectivity index (χ1) is 14.5. The van der Waals surface area contributed by atoms with Gasteiger partial charge in [-0.15, -0.1) is 0 Å². The minimum atomic E-state index is -0.332. The van der Waals surface area contributed by atoms with Gasteiger partial charge in [0.25, 0.3) is 0 Å². The Morgan fingerprint density at radius 3 is 3.03 bits per heavy atom. The standard InChI is InChI=1S/C22H25ClN4O3/c23-18-7-17(8-19(28)9-18)13-27-5-6-29-15-22(14-27)4-3-20(30-22)12-26-21-2-1-16(10-24)11-25-21/h1-2,7-9,11,20,28H,3-6,12-15H2,(H,25,26)/t20-,22-/m0/s1. The van der Waals surface area contributed by atoms with Gasteiger partial charge in [-0.1, -0.05) is 11.6 Å². The summed E-state index contributed by atoms with van der Waals surface area (Å²) in [5.74, 6) is 0.913.